The van der Waals surface area contributed by atoms with Gasteiger partial charge in [0.2, 0.25) is 5.91 Å². The molecule has 2 aromatic carbocycles. The lowest BCUT2D eigenvalue weighted by molar-refractivity contribution is -0.116. The second-order valence-electron chi connectivity index (χ2n) is 7.85. The maximum absolute atomic E-state index is 13.1. The topological polar surface area (TPSA) is 93.3 Å². The van der Waals surface area contributed by atoms with Crippen molar-refractivity contribution in [2.75, 3.05) is 23.8 Å². The number of aromatic nitrogens is 3. The molecule has 0 saturated heterocycles. The van der Waals surface area contributed by atoms with Gasteiger partial charge in [-0.25, -0.2) is 0 Å². The first-order chi connectivity index (χ1) is 16.0. The molecule has 0 bridgehead atoms. The average Bonchev–Trinajstić information content (AvgIpc) is 3.17. The van der Waals surface area contributed by atoms with Crippen LogP contribution in [0.2, 0.25) is 0 Å². The summed E-state index contributed by atoms with van der Waals surface area (Å²) >= 11 is 1.31. The molecule has 1 atom stereocenters. The Morgan fingerprint density at radius 1 is 1.21 bits per heavy atom. The zero-order chi connectivity index (χ0) is 23.4. The van der Waals surface area contributed by atoms with Gasteiger partial charge in [0.05, 0.1) is 18.2 Å². The van der Waals surface area contributed by atoms with Gasteiger partial charge in [-0.2, -0.15) is 5.26 Å². The van der Waals surface area contributed by atoms with Gasteiger partial charge < -0.3 is 18.9 Å². The third kappa shape index (κ3) is 5.12. The Kier molecular flexibility index (Phi) is 6.84. The van der Waals surface area contributed by atoms with Gasteiger partial charge in [0.25, 0.3) is 0 Å². The molecule has 1 aliphatic heterocycles. The van der Waals surface area contributed by atoms with Gasteiger partial charge in [-0.15, -0.1) is 10.2 Å². The van der Waals surface area contributed by atoms with Crippen molar-refractivity contribution in [3.63, 3.8) is 0 Å². The summed E-state index contributed by atoms with van der Waals surface area (Å²) in [7, 11) is 1.85. The van der Waals surface area contributed by atoms with Crippen molar-refractivity contribution in [2.24, 2.45) is 7.05 Å². The van der Waals surface area contributed by atoms with Crippen molar-refractivity contribution < 1.29 is 14.3 Å². The number of aryl methyl sites for hydroxylation is 2. The van der Waals surface area contributed by atoms with E-state index in [0.29, 0.717) is 35.6 Å². The van der Waals surface area contributed by atoms with E-state index >= 15 is 0 Å². The first-order valence-electron chi connectivity index (χ1n) is 10.6. The fraction of sp³-hybridized carbons (Fsp3) is 0.333. The average molecular weight is 464 g/mol. The second-order valence-corrected chi connectivity index (χ2v) is 8.79. The molecule has 4 rings (SSSR count). The molecule has 33 heavy (non-hydrogen) atoms. The first kappa shape index (κ1) is 22.7. The van der Waals surface area contributed by atoms with Crippen molar-refractivity contribution >= 4 is 23.4 Å². The van der Waals surface area contributed by atoms with Crippen molar-refractivity contribution in [3.8, 4) is 17.6 Å². The highest BCUT2D eigenvalue weighted by Crippen LogP contribution is 2.35. The summed E-state index contributed by atoms with van der Waals surface area (Å²) in [5.74, 6) is 2.10. The lowest BCUT2D eigenvalue weighted by Crippen LogP contribution is -2.33. The lowest BCUT2D eigenvalue weighted by Gasteiger charge is -2.25. The molecule has 0 spiro atoms. The van der Waals surface area contributed by atoms with Crippen LogP contribution in [0.1, 0.15) is 29.5 Å². The summed E-state index contributed by atoms with van der Waals surface area (Å²) in [4.78, 5) is 14.8. The number of nitriles is 1. The number of amides is 1. The molecule has 3 aromatic rings. The van der Waals surface area contributed by atoms with Crippen LogP contribution in [0.3, 0.4) is 0 Å². The summed E-state index contributed by atoms with van der Waals surface area (Å²) in [5, 5.41) is 18.2. The minimum absolute atomic E-state index is 0.0871. The number of ether oxygens (including phenoxy) is 2. The van der Waals surface area contributed by atoms with Crippen molar-refractivity contribution in [1.29, 1.82) is 5.26 Å². The number of carbonyl (C=O) groups excluding carboxylic acids is 1. The molecule has 0 N–H and O–H groups in total. The van der Waals surface area contributed by atoms with Crippen LogP contribution in [0.15, 0.2) is 47.6 Å². The Morgan fingerprint density at radius 2 is 1.94 bits per heavy atom. The monoisotopic (exact) mass is 463 g/mol. The predicted molar refractivity (Wildman–Crippen MR) is 126 cm³/mol. The summed E-state index contributed by atoms with van der Waals surface area (Å²) in [6, 6.07) is 15.6. The molecule has 0 aliphatic carbocycles. The molecule has 170 valence electrons. The minimum atomic E-state index is -0.384. The number of thioether (sulfide) groups is 1. The Morgan fingerprint density at radius 3 is 2.67 bits per heavy atom. The number of fused-ring (bicyclic) bond motifs is 1. The van der Waals surface area contributed by atoms with E-state index in [9.17, 15) is 4.79 Å². The Bertz CT molecular complexity index is 1180. The van der Waals surface area contributed by atoms with Gasteiger partial charge >= 0.3 is 0 Å². The van der Waals surface area contributed by atoms with E-state index in [1.54, 1.807) is 4.90 Å². The highest BCUT2D eigenvalue weighted by Gasteiger charge is 2.28. The molecule has 2 heterocycles. The van der Waals surface area contributed by atoms with Crippen LogP contribution in [0.25, 0.3) is 0 Å². The van der Waals surface area contributed by atoms with Crippen LogP contribution in [0, 0.1) is 25.2 Å². The van der Waals surface area contributed by atoms with Crippen LogP contribution in [0.4, 0.5) is 5.69 Å². The van der Waals surface area contributed by atoms with Crippen LogP contribution in [-0.2, 0) is 11.8 Å². The maximum atomic E-state index is 13.1. The first-order valence-corrected chi connectivity index (χ1v) is 11.6. The number of para-hydroxylation sites is 2. The normalized spacial score (nSPS) is 14.5. The van der Waals surface area contributed by atoms with Gasteiger partial charge in [-0.05, 0) is 49.2 Å². The largest absolute Gasteiger partial charge is 0.485 e. The van der Waals surface area contributed by atoms with Gasteiger partial charge in [-0.1, -0.05) is 30.0 Å². The standard InChI is InChI=1S/C24H25N5O3S/c1-16-11-17(2)13-18(12-16)29(10-6-9-25)22(30)15-33-24-27-26-23(28(24)3)21-14-31-19-7-4-5-8-20(19)32-21/h4-5,7-8,11-13,21H,6,10,14-15H2,1-3H3. The number of anilines is 1. The summed E-state index contributed by atoms with van der Waals surface area (Å²) < 4.78 is 13.7. The third-order valence-corrected chi connectivity index (χ3v) is 6.26. The van der Waals surface area contributed by atoms with E-state index in [0.717, 1.165) is 16.8 Å². The van der Waals surface area contributed by atoms with Gasteiger partial charge in [0, 0.05) is 19.3 Å². The predicted octanol–water partition coefficient (Wildman–Crippen LogP) is 3.98. The molecule has 0 radical (unpaired) electrons. The quantitative estimate of drug-likeness (QED) is 0.489. The van der Waals surface area contributed by atoms with Gasteiger partial charge in [-0.3, -0.25) is 4.79 Å². The summed E-state index contributed by atoms with van der Waals surface area (Å²) in [6.07, 6.45) is -0.122. The lowest BCUT2D eigenvalue weighted by atomic mass is 10.1. The summed E-state index contributed by atoms with van der Waals surface area (Å²) in [5.41, 5.74) is 2.95. The van der Waals surface area contributed by atoms with E-state index < -0.39 is 0 Å². The minimum Gasteiger partial charge on any atom is -0.485 e. The van der Waals surface area contributed by atoms with Gasteiger partial charge in [0.1, 0.15) is 6.61 Å². The van der Waals surface area contributed by atoms with Crippen molar-refractivity contribution in [2.45, 2.75) is 31.5 Å². The van der Waals surface area contributed by atoms with E-state index in [1.165, 1.54) is 11.8 Å². The number of hydrogen-bond acceptors (Lipinski definition) is 7. The molecule has 1 amide bonds. The highest BCUT2D eigenvalue weighted by molar-refractivity contribution is 7.99. The maximum Gasteiger partial charge on any atom is 0.237 e. The molecule has 0 saturated carbocycles. The number of carbonyl (C=O) groups is 1. The molecular formula is C24H25N5O3S. The Labute approximate surface area is 197 Å². The van der Waals surface area contributed by atoms with Crippen molar-refractivity contribution in [3.05, 3.63) is 59.4 Å². The number of nitrogens with zero attached hydrogens (tertiary/aromatic N) is 5. The zero-order valence-corrected chi connectivity index (χ0v) is 19.6. The highest BCUT2D eigenvalue weighted by atomic mass is 32.2. The number of hydrogen-bond donors (Lipinski definition) is 0. The molecular weight excluding hydrogens is 438 g/mol. The van der Waals surface area contributed by atoms with Crippen LogP contribution < -0.4 is 14.4 Å². The molecule has 1 aromatic heterocycles. The molecule has 1 unspecified atom stereocenters. The third-order valence-electron chi connectivity index (χ3n) is 5.26. The Balaban J connectivity index is 1.45. The number of benzene rings is 2. The smallest absolute Gasteiger partial charge is 0.237 e. The Hall–Kier alpha value is -3.51. The SMILES string of the molecule is Cc1cc(C)cc(N(CCC#N)C(=O)CSc2nnc(C3COc4ccccc4O3)n2C)c1. The van der Waals surface area contributed by atoms with Crippen molar-refractivity contribution in [1.82, 2.24) is 14.8 Å². The zero-order valence-electron chi connectivity index (χ0n) is 18.8. The van der Waals surface area contributed by atoms with Crippen LogP contribution in [-0.4, -0.2) is 39.6 Å². The molecule has 8 nitrogen and oxygen atoms in total. The molecule has 0 fully saturated rings. The van der Waals surface area contributed by atoms with E-state index in [-0.39, 0.29) is 24.2 Å². The molecule has 1 aliphatic rings. The second kappa shape index (κ2) is 9.96. The fourth-order valence-corrected chi connectivity index (χ4v) is 4.54. The molecule has 9 heteroatoms. The van der Waals surface area contributed by atoms with Gasteiger partial charge in [0.15, 0.2) is 28.6 Å². The summed E-state index contributed by atoms with van der Waals surface area (Å²) in [6.45, 7) is 4.67. The van der Waals surface area contributed by atoms with Crippen LogP contribution in [0.5, 0.6) is 11.5 Å². The fourth-order valence-electron chi connectivity index (χ4n) is 3.75. The number of rotatable bonds is 7. The van der Waals surface area contributed by atoms with E-state index in [2.05, 4.69) is 22.3 Å². The van der Waals surface area contributed by atoms with E-state index in [1.807, 2.05) is 61.9 Å². The van der Waals surface area contributed by atoms with E-state index in [4.69, 9.17) is 14.7 Å². The van der Waals surface area contributed by atoms with Crippen LogP contribution >= 0.6 is 11.8 Å².